The molecule has 1 N–H and O–H groups in total. The van der Waals surface area contributed by atoms with E-state index in [0.29, 0.717) is 13.0 Å². The summed E-state index contributed by atoms with van der Waals surface area (Å²) < 4.78 is 0. The minimum absolute atomic E-state index is 0.0503. The van der Waals surface area contributed by atoms with Gasteiger partial charge in [-0.05, 0) is 28.0 Å². The Morgan fingerprint density at radius 3 is 2.29 bits per heavy atom. The number of nitrogens with one attached hydrogen (secondary N) is 1. The highest BCUT2D eigenvalue weighted by Crippen LogP contribution is 2.15. The van der Waals surface area contributed by atoms with E-state index in [2.05, 4.69) is 35.6 Å². The lowest BCUT2D eigenvalue weighted by Crippen LogP contribution is -2.24. The molecule has 2 heteroatoms. The number of carbonyl (C=O) groups excluding carboxylic acids is 1. The maximum Gasteiger partial charge on any atom is 0.224 e. The average molecular weight is 275 g/mol. The molecule has 0 unspecified atom stereocenters. The van der Waals surface area contributed by atoms with Crippen LogP contribution in [0, 0.1) is 0 Å². The van der Waals surface area contributed by atoms with E-state index in [-0.39, 0.29) is 5.91 Å². The van der Waals surface area contributed by atoms with Crippen molar-refractivity contribution in [3.8, 4) is 0 Å². The summed E-state index contributed by atoms with van der Waals surface area (Å²) in [5.41, 5.74) is 2.16. The maximum absolute atomic E-state index is 11.9. The van der Waals surface area contributed by atoms with Gasteiger partial charge in [0.25, 0.3) is 0 Å². The number of fused-ring (bicyclic) bond motifs is 1. The van der Waals surface area contributed by atoms with Crippen LogP contribution in [0.5, 0.6) is 0 Å². The molecule has 1 amide bonds. The van der Waals surface area contributed by atoms with Crippen LogP contribution in [0.25, 0.3) is 10.8 Å². The van der Waals surface area contributed by atoms with E-state index in [4.69, 9.17) is 0 Å². The van der Waals surface area contributed by atoms with Gasteiger partial charge in [0.1, 0.15) is 0 Å². The fourth-order valence-electron chi connectivity index (χ4n) is 2.39. The first-order chi connectivity index (χ1) is 10.3. The molecule has 0 aliphatic carbocycles. The van der Waals surface area contributed by atoms with Gasteiger partial charge >= 0.3 is 0 Å². The number of hydrogen-bond donors (Lipinski definition) is 1. The Bertz CT molecular complexity index is 750. The highest BCUT2D eigenvalue weighted by molar-refractivity contribution is 5.83. The summed E-state index contributed by atoms with van der Waals surface area (Å²) in [6.45, 7) is 0.566. The number of benzene rings is 3. The first-order valence-electron chi connectivity index (χ1n) is 7.09. The van der Waals surface area contributed by atoms with E-state index in [1.807, 2.05) is 42.5 Å². The molecule has 0 aliphatic rings. The lowest BCUT2D eigenvalue weighted by atomic mass is 10.1. The molecule has 2 nitrogen and oxygen atoms in total. The SMILES string of the molecule is O=C(Cc1ccccc1)NCc1ccc2ccccc2c1. The van der Waals surface area contributed by atoms with Crippen LogP contribution in [0.2, 0.25) is 0 Å². The molecule has 0 fully saturated rings. The third-order valence-electron chi connectivity index (χ3n) is 3.51. The topological polar surface area (TPSA) is 29.1 Å². The summed E-state index contributed by atoms with van der Waals surface area (Å²) in [5, 5.41) is 5.39. The van der Waals surface area contributed by atoms with Crippen molar-refractivity contribution in [2.45, 2.75) is 13.0 Å². The fraction of sp³-hybridized carbons (Fsp3) is 0.105. The van der Waals surface area contributed by atoms with Crippen LogP contribution in [0.4, 0.5) is 0 Å². The molecule has 3 aromatic rings. The van der Waals surface area contributed by atoms with Gasteiger partial charge in [0, 0.05) is 6.54 Å². The van der Waals surface area contributed by atoms with E-state index < -0.39 is 0 Å². The molecule has 0 aromatic heterocycles. The number of carbonyl (C=O) groups is 1. The van der Waals surface area contributed by atoms with Crippen LogP contribution in [-0.4, -0.2) is 5.91 Å². The zero-order valence-corrected chi connectivity index (χ0v) is 11.8. The van der Waals surface area contributed by atoms with Crippen molar-refractivity contribution in [1.82, 2.24) is 5.32 Å². The molecule has 3 aromatic carbocycles. The van der Waals surface area contributed by atoms with E-state index >= 15 is 0 Å². The second kappa shape index (κ2) is 6.23. The van der Waals surface area contributed by atoms with Gasteiger partial charge in [-0.2, -0.15) is 0 Å². The van der Waals surface area contributed by atoms with Gasteiger partial charge in [-0.3, -0.25) is 4.79 Å². The number of hydrogen-bond acceptors (Lipinski definition) is 1. The van der Waals surface area contributed by atoms with Crippen molar-refractivity contribution in [2.75, 3.05) is 0 Å². The Hall–Kier alpha value is -2.61. The Morgan fingerprint density at radius 1 is 0.762 bits per heavy atom. The average Bonchev–Trinajstić information content (AvgIpc) is 2.54. The lowest BCUT2D eigenvalue weighted by molar-refractivity contribution is -0.120. The van der Waals surface area contributed by atoms with Gasteiger partial charge in [0.05, 0.1) is 6.42 Å². The molecule has 0 bridgehead atoms. The molecule has 21 heavy (non-hydrogen) atoms. The number of amides is 1. The van der Waals surface area contributed by atoms with E-state index in [1.54, 1.807) is 0 Å². The second-order valence-electron chi connectivity index (χ2n) is 5.12. The summed E-state index contributed by atoms with van der Waals surface area (Å²) in [6.07, 6.45) is 0.425. The van der Waals surface area contributed by atoms with E-state index in [1.165, 1.54) is 10.8 Å². The fourth-order valence-corrected chi connectivity index (χ4v) is 2.39. The van der Waals surface area contributed by atoms with E-state index in [0.717, 1.165) is 11.1 Å². The molecule has 3 rings (SSSR count). The van der Waals surface area contributed by atoms with Gasteiger partial charge < -0.3 is 5.32 Å². The zero-order valence-electron chi connectivity index (χ0n) is 11.8. The van der Waals surface area contributed by atoms with Gasteiger partial charge in [-0.1, -0.05) is 66.7 Å². The summed E-state index contributed by atoms with van der Waals surface area (Å²) in [4.78, 5) is 11.9. The monoisotopic (exact) mass is 275 g/mol. The largest absolute Gasteiger partial charge is 0.352 e. The Labute approximate surface area is 124 Å². The van der Waals surface area contributed by atoms with Crippen LogP contribution in [0.3, 0.4) is 0 Å². The van der Waals surface area contributed by atoms with Gasteiger partial charge in [-0.15, -0.1) is 0 Å². The summed E-state index contributed by atoms with van der Waals surface area (Å²) in [6, 6.07) is 24.3. The molecule has 0 radical (unpaired) electrons. The Kier molecular flexibility index (Phi) is 3.97. The molecule has 0 heterocycles. The predicted molar refractivity (Wildman–Crippen MR) is 85.9 cm³/mol. The van der Waals surface area contributed by atoms with Gasteiger partial charge in [-0.25, -0.2) is 0 Å². The zero-order chi connectivity index (χ0) is 14.5. The molecule has 0 saturated carbocycles. The molecule has 0 spiro atoms. The normalized spacial score (nSPS) is 10.5. The molecular weight excluding hydrogens is 258 g/mol. The number of rotatable bonds is 4. The highest BCUT2D eigenvalue weighted by Gasteiger charge is 2.03. The van der Waals surface area contributed by atoms with Crippen molar-refractivity contribution in [3.05, 3.63) is 83.9 Å². The van der Waals surface area contributed by atoms with Crippen LogP contribution in [0.15, 0.2) is 72.8 Å². The standard InChI is InChI=1S/C19H17NO/c21-19(13-15-6-2-1-3-7-15)20-14-16-10-11-17-8-4-5-9-18(17)12-16/h1-12H,13-14H2,(H,20,21). The Morgan fingerprint density at radius 2 is 1.48 bits per heavy atom. The molecule has 0 atom stereocenters. The van der Waals surface area contributed by atoms with E-state index in [9.17, 15) is 4.79 Å². The third kappa shape index (κ3) is 3.48. The summed E-state index contributed by atoms with van der Waals surface area (Å²) in [5.74, 6) is 0.0503. The molecular formula is C19H17NO. The van der Waals surface area contributed by atoms with Crippen LogP contribution < -0.4 is 5.32 Å². The van der Waals surface area contributed by atoms with Crippen LogP contribution in [-0.2, 0) is 17.8 Å². The molecule has 0 aliphatic heterocycles. The van der Waals surface area contributed by atoms with Gasteiger partial charge in [0.15, 0.2) is 0 Å². The van der Waals surface area contributed by atoms with Crippen LogP contribution in [0.1, 0.15) is 11.1 Å². The molecule has 0 saturated heterocycles. The summed E-state index contributed by atoms with van der Waals surface area (Å²) in [7, 11) is 0. The van der Waals surface area contributed by atoms with Crippen molar-refractivity contribution in [3.63, 3.8) is 0 Å². The highest BCUT2D eigenvalue weighted by atomic mass is 16.1. The minimum Gasteiger partial charge on any atom is -0.352 e. The second-order valence-corrected chi connectivity index (χ2v) is 5.12. The van der Waals surface area contributed by atoms with Crippen molar-refractivity contribution in [1.29, 1.82) is 0 Å². The predicted octanol–water partition coefficient (Wildman–Crippen LogP) is 3.70. The molecule has 104 valence electrons. The van der Waals surface area contributed by atoms with Crippen molar-refractivity contribution in [2.24, 2.45) is 0 Å². The maximum atomic E-state index is 11.9. The first kappa shape index (κ1) is 13.4. The minimum atomic E-state index is 0.0503. The third-order valence-corrected chi connectivity index (χ3v) is 3.51. The van der Waals surface area contributed by atoms with Gasteiger partial charge in [0.2, 0.25) is 5.91 Å². The van der Waals surface area contributed by atoms with Crippen molar-refractivity contribution >= 4 is 16.7 Å². The lowest BCUT2D eigenvalue weighted by Gasteiger charge is -2.07. The van der Waals surface area contributed by atoms with Crippen molar-refractivity contribution < 1.29 is 4.79 Å². The smallest absolute Gasteiger partial charge is 0.224 e. The first-order valence-corrected chi connectivity index (χ1v) is 7.09. The van der Waals surface area contributed by atoms with Crippen LogP contribution >= 0.6 is 0 Å². The summed E-state index contributed by atoms with van der Waals surface area (Å²) >= 11 is 0. The Balaban J connectivity index is 1.62. The quantitative estimate of drug-likeness (QED) is 0.773.